The molecular formula is C17H25NO3. The Morgan fingerprint density at radius 1 is 1.43 bits per heavy atom. The van der Waals surface area contributed by atoms with Gasteiger partial charge in [0.15, 0.2) is 6.61 Å². The Bertz CT molecular complexity index is 485. The fourth-order valence-corrected chi connectivity index (χ4v) is 2.72. The Labute approximate surface area is 126 Å². The van der Waals surface area contributed by atoms with Crippen molar-refractivity contribution < 1.29 is 14.3 Å². The van der Waals surface area contributed by atoms with Crippen molar-refractivity contribution in [3.05, 3.63) is 29.3 Å². The predicted molar refractivity (Wildman–Crippen MR) is 82.5 cm³/mol. The second-order valence-corrected chi connectivity index (χ2v) is 5.70. The van der Waals surface area contributed by atoms with E-state index in [1.807, 2.05) is 26.0 Å². The van der Waals surface area contributed by atoms with Crippen LogP contribution in [0.5, 0.6) is 5.75 Å². The summed E-state index contributed by atoms with van der Waals surface area (Å²) in [6.07, 6.45) is 3.10. The van der Waals surface area contributed by atoms with Crippen molar-refractivity contribution in [2.24, 2.45) is 0 Å². The molecule has 1 aliphatic rings. The van der Waals surface area contributed by atoms with Gasteiger partial charge in [0, 0.05) is 6.04 Å². The topological polar surface area (TPSA) is 47.6 Å². The minimum absolute atomic E-state index is 0.0261. The molecule has 0 radical (unpaired) electrons. The van der Waals surface area contributed by atoms with Crippen LogP contribution in [-0.2, 0) is 16.0 Å². The van der Waals surface area contributed by atoms with Gasteiger partial charge >= 0.3 is 5.97 Å². The lowest BCUT2D eigenvalue weighted by Crippen LogP contribution is -2.20. The molecular weight excluding hydrogens is 266 g/mol. The SMILES string of the molecule is CCCNC1CCc2c(OCC(=O)OC(C)C)cccc21. The van der Waals surface area contributed by atoms with E-state index in [-0.39, 0.29) is 18.7 Å². The first kappa shape index (κ1) is 15.8. The van der Waals surface area contributed by atoms with Crippen LogP contribution in [0.2, 0.25) is 0 Å². The van der Waals surface area contributed by atoms with Crippen LogP contribution in [0.4, 0.5) is 0 Å². The minimum Gasteiger partial charge on any atom is -0.482 e. The molecule has 116 valence electrons. The summed E-state index contributed by atoms with van der Waals surface area (Å²) in [4.78, 5) is 11.6. The van der Waals surface area contributed by atoms with Gasteiger partial charge in [-0.1, -0.05) is 19.1 Å². The molecule has 0 fully saturated rings. The van der Waals surface area contributed by atoms with Crippen molar-refractivity contribution in [2.45, 2.75) is 52.2 Å². The van der Waals surface area contributed by atoms with Gasteiger partial charge in [-0.3, -0.25) is 0 Å². The summed E-state index contributed by atoms with van der Waals surface area (Å²) in [5.41, 5.74) is 2.53. The van der Waals surface area contributed by atoms with Crippen molar-refractivity contribution in [2.75, 3.05) is 13.2 Å². The molecule has 1 aromatic rings. The number of nitrogens with one attached hydrogen (secondary N) is 1. The molecule has 1 N–H and O–H groups in total. The smallest absolute Gasteiger partial charge is 0.344 e. The lowest BCUT2D eigenvalue weighted by atomic mass is 10.1. The third-order valence-corrected chi connectivity index (χ3v) is 3.58. The van der Waals surface area contributed by atoms with Crippen LogP contribution in [0.3, 0.4) is 0 Å². The third kappa shape index (κ3) is 4.21. The first-order valence-corrected chi connectivity index (χ1v) is 7.79. The quantitative estimate of drug-likeness (QED) is 0.785. The van der Waals surface area contributed by atoms with Crippen molar-refractivity contribution in [3.8, 4) is 5.75 Å². The van der Waals surface area contributed by atoms with Gasteiger partial charge in [-0.2, -0.15) is 0 Å². The lowest BCUT2D eigenvalue weighted by molar-refractivity contribution is -0.149. The van der Waals surface area contributed by atoms with Crippen LogP contribution in [0, 0.1) is 0 Å². The molecule has 0 amide bonds. The number of rotatable bonds is 7. The highest BCUT2D eigenvalue weighted by Crippen LogP contribution is 2.36. The first-order chi connectivity index (χ1) is 10.1. The van der Waals surface area contributed by atoms with Gasteiger partial charge in [-0.25, -0.2) is 4.79 Å². The summed E-state index contributed by atoms with van der Waals surface area (Å²) >= 11 is 0. The molecule has 4 nitrogen and oxygen atoms in total. The molecule has 0 saturated heterocycles. The van der Waals surface area contributed by atoms with Crippen LogP contribution in [-0.4, -0.2) is 25.2 Å². The van der Waals surface area contributed by atoms with E-state index in [0.29, 0.717) is 6.04 Å². The molecule has 21 heavy (non-hydrogen) atoms. The monoisotopic (exact) mass is 291 g/mol. The summed E-state index contributed by atoms with van der Waals surface area (Å²) in [7, 11) is 0. The molecule has 0 bridgehead atoms. The van der Waals surface area contributed by atoms with E-state index in [0.717, 1.165) is 31.6 Å². The Balaban J connectivity index is 1.99. The molecule has 1 aliphatic carbocycles. The summed E-state index contributed by atoms with van der Waals surface area (Å²) < 4.78 is 10.8. The van der Waals surface area contributed by atoms with Gasteiger partial charge in [0.1, 0.15) is 5.75 Å². The van der Waals surface area contributed by atoms with E-state index >= 15 is 0 Å². The number of fused-ring (bicyclic) bond motifs is 1. The van der Waals surface area contributed by atoms with Gasteiger partial charge in [0.25, 0.3) is 0 Å². The van der Waals surface area contributed by atoms with E-state index < -0.39 is 0 Å². The number of carbonyl (C=O) groups is 1. The fraction of sp³-hybridized carbons (Fsp3) is 0.588. The summed E-state index contributed by atoms with van der Waals surface area (Å²) in [6.45, 7) is 6.84. The second kappa shape index (κ2) is 7.46. The largest absolute Gasteiger partial charge is 0.482 e. The lowest BCUT2D eigenvalue weighted by Gasteiger charge is -2.15. The number of carbonyl (C=O) groups excluding carboxylic acids is 1. The number of benzene rings is 1. The van der Waals surface area contributed by atoms with Crippen LogP contribution in [0.25, 0.3) is 0 Å². The Morgan fingerprint density at radius 2 is 2.24 bits per heavy atom. The van der Waals surface area contributed by atoms with Gasteiger partial charge < -0.3 is 14.8 Å². The molecule has 4 heteroatoms. The Morgan fingerprint density at radius 3 is 2.95 bits per heavy atom. The van der Waals surface area contributed by atoms with E-state index in [4.69, 9.17) is 9.47 Å². The summed E-state index contributed by atoms with van der Waals surface area (Å²) in [5, 5.41) is 3.56. The van der Waals surface area contributed by atoms with Gasteiger partial charge in [-0.05, 0) is 56.8 Å². The highest BCUT2D eigenvalue weighted by molar-refractivity contribution is 5.71. The van der Waals surface area contributed by atoms with Crippen molar-refractivity contribution >= 4 is 5.97 Å². The maximum atomic E-state index is 11.6. The standard InChI is InChI=1S/C17H25NO3/c1-4-10-18-15-9-8-14-13(15)6-5-7-16(14)20-11-17(19)21-12(2)3/h5-7,12,15,18H,4,8-11H2,1-3H3. The molecule has 1 atom stereocenters. The fourth-order valence-electron chi connectivity index (χ4n) is 2.72. The maximum absolute atomic E-state index is 11.6. The van der Waals surface area contributed by atoms with E-state index in [1.165, 1.54) is 11.1 Å². The predicted octanol–water partition coefficient (Wildman–Crippen LogP) is 3.00. The zero-order chi connectivity index (χ0) is 15.2. The first-order valence-electron chi connectivity index (χ1n) is 7.79. The highest BCUT2D eigenvalue weighted by Gasteiger charge is 2.24. The average Bonchev–Trinajstić information content (AvgIpc) is 2.86. The van der Waals surface area contributed by atoms with Crippen LogP contribution in [0.15, 0.2) is 18.2 Å². The normalized spacial score (nSPS) is 16.9. The molecule has 0 aliphatic heterocycles. The van der Waals surface area contributed by atoms with Gasteiger partial charge in [-0.15, -0.1) is 0 Å². The molecule has 1 unspecified atom stereocenters. The molecule has 0 saturated carbocycles. The van der Waals surface area contributed by atoms with E-state index in [9.17, 15) is 4.79 Å². The van der Waals surface area contributed by atoms with E-state index in [2.05, 4.69) is 18.3 Å². The second-order valence-electron chi connectivity index (χ2n) is 5.70. The van der Waals surface area contributed by atoms with Gasteiger partial charge in [0.05, 0.1) is 6.10 Å². The summed E-state index contributed by atoms with van der Waals surface area (Å²) in [6, 6.07) is 6.48. The zero-order valence-corrected chi connectivity index (χ0v) is 13.1. The van der Waals surface area contributed by atoms with E-state index in [1.54, 1.807) is 0 Å². The van der Waals surface area contributed by atoms with Crippen LogP contribution in [0.1, 0.15) is 50.8 Å². The molecule has 1 aromatic carbocycles. The van der Waals surface area contributed by atoms with Crippen molar-refractivity contribution in [3.63, 3.8) is 0 Å². The maximum Gasteiger partial charge on any atom is 0.344 e. The van der Waals surface area contributed by atoms with Crippen molar-refractivity contribution in [1.29, 1.82) is 0 Å². The van der Waals surface area contributed by atoms with Crippen molar-refractivity contribution in [1.82, 2.24) is 5.32 Å². The third-order valence-electron chi connectivity index (χ3n) is 3.58. The molecule has 2 rings (SSSR count). The number of hydrogen-bond acceptors (Lipinski definition) is 4. The minimum atomic E-state index is -0.318. The average molecular weight is 291 g/mol. The molecule has 0 spiro atoms. The number of ether oxygens (including phenoxy) is 2. The Hall–Kier alpha value is -1.55. The summed E-state index contributed by atoms with van der Waals surface area (Å²) in [5.74, 6) is 0.496. The van der Waals surface area contributed by atoms with Crippen LogP contribution < -0.4 is 10.1 Å². The van der Waals surface area contributed by atoms with Gasteiger partial charge in [0.2, 0.25) is 0 Å². The molecule has 0 aromatic heterocycles. The molecule has 0 heterocycles. The zero-order valence-electron chi connectivity index (χ0n) is 13.1. The Kier molecular flexibility index (Phi) is 5.62. The number of esters is 1. The van der Waals surface area contributed by atoms with Crippen LogP contribution >= 0.6 is 0 Å². The highest BCUT2D eigenvalue weighted by atomic mass is 16.6. The number of hydrogen-bond donors (Lipinski definition) is 1.